The summed E-state index contributed by atoms with van der Waals surface area (Å²) in [7, 11) is 0. The van der Waals surface area contributed by atoms with Gasteiger partial charge >= 0.3 is 11.9 Å². The van der Waals surface area contributed by atoms with Gasteiger partial charge in [0, 0.05) is 12.8 Å². The Bertz CT molecular complexity index is 604. The van der Waals surface area contributed by atoms with Crippen LogP contribution in [0, 0.1) is 0 Å². The molecule has 0 saturated heterocycles. The molecule has 1 atom stereocenters. The van der Waals surface area contributed by atoms with Gasteiger partial charge in [0.25, 0.3) is 0 Å². The maximum atomic E-state index is 12.7. The molecule has 0 aromatic heterocycles. The number of rotatable bonds is 38. The fourth-order valence-corrected chi connectivity index (χ4v) is 6.54. The van der Waals surface area contributed by atoms with E-state index in [1.807, 2.05) is 0 Å². The number of carbonyl (C=O) groups excluding carboxylic acids is 1. The molecule has 268 valence electrons. The molecule has 0 bridgehead atoms. The number of carboxylic acid groups (broad SMARTS) is 1. The van der Waals surface area contributed by atoms with E-state index in [-0.39, 0.29) is 12.1 Å². The molecular weight excluding hydrogens is 556 g/mol. The second-order valence-corrected chi connectivity index (χ2v) is 14.2. The maximum Gasteiger partial charge on any atom is 0.306 e. The minimum Gasteiger partial charge on any atom is -0.481 e. The van der Waals surface area contributed by atoms with E-state index in [0.717, 1.165) is 32.1 Å². The zero-order valence-electron chi connectivity index (χ0n) is 30.7. The Labute approximate surface area is 282 Å². The lowest BCUT2D eigenvalue weighted by atomic mass is 10.0. The van der Waals surface area contributed by atoms with Crippen LogP contribution in [0.15, 0.2) is 0 Å². The Hall–Kier alpha value is -1.06. The van der Waals surface area contributed by atoms with E-state index >= 15 is 0 Å². The first-order chi connectivity index (χ1) is 22.1. The number of hydrogen-bond acceptors (Lipinski definition) is 3. The first-order valence-corrected chi connectivity index (χ1v) is 20.5. The normalized spacial score (nSPS) is 12.0. The summed E-state index contributed by atoms with van der Waals surface area (Å²) in [6.07, 6.45) is 44.2. The van der Waals surface area contributed by atoms with Crippen LogP contribution < -0.4 is 0 Å². The maximum absolute atomic E-state index is 12.7. The SMILES string of the molecule is CCCCCCCCCCCCCCCCC(=O)OC(CCCCCCCCC)CCCCCCCCCCCCCC(=O)O. The summed E-state index contributed by atoms with van der Waals surface area (Å²) in [6, 6.07) is 0. The van der Waals surface area contributed by atoms with Crippen molar-refractivity contribution in [1.82, 2.24) is 0 Å². The molecule has 0 amide bonds. The first kappa shape index (κ1) is 43.9. The Balaban J connectivity index is 3.94. The molecule has 0 rings (SSSR count). The van der Waals surface area contributed by atoms with Crippen molar-refractivity contribution in [1.29, 1.82) is 0 Å². The van der Waals surface area contributed by atoms with Crippen LogP contribution in [0.5, 0.6) is 0 Å². The first-order valence-electron chi connectivity index (χ1n) is 20.5. The number of aliphatic carboxylic acids is 1. The lowest BCUT2D eigenvalue weighted by Crippen LogP contribution is -2.18. The molecule has 4 heteroatoms. The second-order valence-electron chi connectivity index (χ2n) is 14.2. The zero-order chi connectivity index (χ0) is 32.9. The summed E-state index contributed by atoms with van der Waals surface area (Å²) in [4.78, 5) is 23.2. The van der Waals surface area contributed by atoms with Gasteiger partial charge in [-0.25, -0.2) is 0 Å². The molecular formula is C41H80O4. The molecule has 0 aliphatic carbocycles. The highest BCUT2D eigenvalue weighted by atomic mass is 16.5. The van der Waals surface area contributed by atoms with Gasteiger partial charge in [0.05, 0.1) is 0 Å². The van der Waals surface area contributed by atoms with Crippen molar-refractivity contribution in [3.63, 3.8) is 0 Å². The Morgan fingerprint density at radius 3 is 0.978 bits per heavy atom. The smallest absolute Gasteiger partial charge is 0.306 e. The van der Waals surface area contributed by atoms with Crippen LogP contribution in [0.1, 0.15) is 245 Å². The van der Waals surface area contributed by atoms with Gasteiger partial charge in [0.2, 0.25) is 0 Å². The van der Waals surface area contributed by atoms with Gasteiger partial charge in [0.15, 0.2) is 0 Å². The third-order valence-corrected chi connectivity index (χ3v) is 9.58. The number of ether oxygens (including phenoxy) is 1. The van der Waals surface area contributed by atoms with Gasteiger partial charge in [0.1, 0.15) is 6.10 Å². The quantitative estimate of drug-likeness (QED) is 0.0541. The highest BCUT2D eigenvalue weighted by Crippen LogP contribution is 2.19. The predicted molar refractivity (Wildman–Crippen MR) is 195 cm³/mol. The van der Waals surface area contributed by atoms with E-state index in [9.17, 15) is 9.59 Å². The summed E-state index contributed by atoms with van der Waals surface area (Å²) in [6.45, 7) is 4.56. The fourth-order valence-electron chi connectivity index (χ4n) is 6.54. The Morgan fingerprint density at radius 2 is 0.667 bits per heavy atom. The van der Waals surface area contributed by atoms with Crippen LogP contribution in [0.25, 0.3) is 0 Å². The van der Waals surface area contributed by atoms with Crippen LogP contribution in [-0.2, 0) is 14.3 Å². The minimum absolute atomic E-state index is 0.0462. The molecule has 0 aliphatic rings. The van der Waals surface area contributed by atoms with Gasteiger partial charge in [-0.2, -0.15) is 0 Å². The van der Waals surface area contributed by atoms with Crippen molar-refractivity contribution in [2.45, 2.75) is 251 Å². The van der Waals surface area contributed by atoms with E-state index in [0.29, 0.717) is 12.8 Å². The van der Waals surface area contributed by atoms with Crippen molar-refractivity contribution < 1.29 is 19.4 Å². The lowest BCUT2D eigenvalue weighted by Gasteiger charge is -2.18. The molecule has 1 N–H and O–H groups in total. The van der Waals surface area contributed by atoms with Gasteiger partial charge in [-0.15, -0.1) is 0 Å². The van der Waals surface area contributed by atoms with E-state index in [2.05, 4.69) is 13.8 Å². The fraction of sp³-hybridized carbons (Fsp3) is 0.951. The van der Waals surface area contributed by atoms with Crippen LogP contribution in [0.3, 0.4) is 0 Å². The second kappa shape index (κ2) is 37.4. The number of unbranched alkanes of at least 4 members (excludes halogenated alkanes) is 29. The van der Waals surface area contributed by atoms with E-state index in [1.165, 1.54) is 186 Å². The Kier molecular flexibility index (Phi) is 36.5. The molecule has 0 aromatic carbocycles. The molecule has 4 nitrogen and oxygen atoms in total. The van der Waals surface area contributed by atoms with Crippen molar-refractivity contribution in [3.8, 4) is 0 Å². The summed E-state index contributed by atoms with van der Waals surface area (Å²) >= 11 is 0. The number of carbonyl (C=O) groups is 2. The number of hydrogen-bond donors (Lipinski definition) is 1. The third-order valence-electron chi connectivity index (χ3n) is 9.58. The monoisotopic (exact) mass is 637 g/mol. The summed E-state index contributed by atoms with van der Waals surface area (Å²) in [5.74, 6) is -0.623. The van der Waals surface area contributed by atoms with Crippen molar-refractivity contribution in [3.05, 3.63) is 0 Å². The number of carboxylic acids is 1. The molecule has 0 fully saturated rings. The highest BCUT2D eigenvalue weighted by Gasteiger charge is 2.14. The van der Waals surface area contributed by atoms with Gasteiger partial charge in [-0.05, 0) is 38.5 Å². The number of esters is 1. The molecule has 0 spiro atoms. The largest absolute Gasteiger partial charge is 0.481 e. The van der Waals surface area contributed by atoms with Crippen LogP contribution in [-0.4, -0.2) is 23.1 Å². The molecule has 0 aromatic rings. The highest BCUT2D eigenvalue weighted by molar-refractivity contribution is 5.69. The molecule has 0 saturated carbocycles. The summed E-state index contributed by atoms with van der Waals surface area (Å²) < 4.78 is 6.05. The van der Waals surface area contributed by atoms with Gasteiger partial charge in [-0.3, -0.25) is 9.59 Å². The van der Waals surface area contributed by atoms with Crippen molar-refractivity contribution in [2.75, 3.05) is 0 Å². The standard InChI is InChI=1S/C41H80O4/c1-3-5-7-9-11-12-13-14-15-19-22-26-30-34-38-41(44)45-39(35-31-27-23-10-8-6-4-2)36-32-28-24-20-17-16-18-21-25-29-33-37-40(42)43/h39H,3-38H2,1-2H3,(H,42,43). The van der Waals surface area contributed by atoms with Crippen molar-refractivity contribution in [2.24, 2.45) is 0 Å². The van der Waals surface area contributed by atoms with Gasteiger partial charge < -0.3 is 9.84 Å². The van der Waals surface area contributed by atoms with E-state index in [4.69, 9.17) is 9.84 Å². The zero-order valence-corrected chi connectivity index (χ0v) is 30.7. The molecule has 1 unspecified atom stereocenters. The van der Waals surface area contributed by atoms with Crippen LogP contribution >= 0.6 is 0 Å². The third kappa shape index (κ3) is 37.3. The molecule has 45 heavy (non-hydrogen) atoms. The van der Waals surface area contributed by atoms with E-state index in [1.54, 1.807) is 0 Å². The van der Waals surface area contributed by atoms with Gasteiger partial charge in [-0.1, -0.05) is 194 Å². The summed E-state index contributed by atoms with van der Waals surface area (Å²) in [5.41, 5.74) is 0. The summed E-state index contributed by atoms with van der Waals surface area (Å²) in [5, 5.41) is 8.70. The molecule has 0 radical (unpaired) electrons. The Morgan fingerprint density at radius 1 is 0.400 bits per heavy atom. The average Bonchev–Trinajstić information content (AvgIpc) is 3.02. The van der Waals surface area contributed by atoms with Crippen molar-refractivity contribution >= 4 is 11.9 Å². The lowest BCUT2D eigenvalue weighted by molar-refractivity contribution is -0.150. The molecule has 0 heterocycles. The molecule has 0 aliphatic heterocycles. The van der Waals surface area contributed by atoms with E-state index < -0.39 is 5.97 Å². The minimum atomic E-state index is -0.669. The average molecular weight is 637 g/mol. The van der Waals surface area contributed by atoms with Crippen LogP contribution in [0.2, 0.25) is 0 Å². The topological polar surface area (TPSA) is 63.6 Å². The van der Waals surface area contributed by atoms with Crippen LogP contribution in [0.4, 0.5) is 0 Å². The predicted octanol–water partition coefficient (Wildman–Crippen LogP) is 14.1.